The van der Waals surface area contributed by atoms with E-state index in [-0.39, 0.29) is 18.2 Å². The molecule has 6 heteroatoms. The van der Waals surface area contributed by atoms with Crippen LogP contribution in [0.1, 0.15) is 63.8 Å². The second-order valence-electron chi connectivity index (χ2n) is 8.74. The molecule has 1 aromatic carbocycles. The summed E-state index contributed by atoms with van der Waals surface area (Å²) in [5.74, 6) is -0.490. The number of hydrogen-bond acceptors (Lipinski definition) is 4. The van der Waals surface area contributed by atoms with Crippen molar-refractivity contribution in [1.29, 1.82) is 0 Å². The van der Waals surface area contributed by atoms with Crippen LogP contribution in [0.4, 0.5) is 0 Å². The summed E-state index contributed by atoms with van der Waals surface area (Å²) in [7, 11) is -0.519. The van der Waals surface area contributed by atoms with Crippen molar-refractivity contribution in [2.45, 2.75) is 71.9 Å². The fraction of sp³-hybridized carbons (Fsp3) is 0.522. The summed E-state index contributed by atoms with van der Waals surface area (Å²) in [6.45, 7) is 14.5. The molecule has 0 amide bonds. The van der Waals surface area contributed by atoms with E-state index in [0.717, 1.165) is 22.6 Å². The summed E-state index contributed by atoms with van der Waals surface area (Å²) in [6.07, 6.45) is 0.212. The van der Waals surface area contributed by atoms with Gasteiger partial charge in [0.15, 0.2) is 0 Å². The minimum Gasteiger partial charge on any atom is -0.466 e. The molecule has 29 heavy (non-hydrogen) atoms. The maximum absolute atomic E-state index is 12.4. The molecule has 1 aromatic heterocycles. The first kappa shape index (κ1) is 21.7. The van der Waals surface area contributed by atoms with Gasteiger partial charge in [-0.2, -0.15) is 0 Å². The van der Waals surface area contributed by atoms with Gasteiger partial charge >= 0.3 is 13.1 Å². The Balaban J connectivity index is 2.03. The van der Waals surface area contributed by atoms with Crippen LogP contribution in [0.15, 0.2) is 36.4 Å². The highest BCUT2D eigenvalue weighted by molar-refractivity contribution is 6.48. The Morgan fingerprint density at radius 1 is 1.10 bits per heavy atom. The number of ether oxygens (including phenoxy) is 1. The average molecular weight is 397 g/mol. The molecule has 156 valence electrons. The summed E-state index contributed by atoms with van der Waals surface area (Å²) < 4.78 is 20.1. The monoisotopic (exact) mass is 397 g/mol. The van der Waals surface area contributed by atoms with Crippen molar-refractivity contribution in [2.75, 3.05) is 6.61 Å². The van der Waals surface area contributed by atoms with Crippen LogP contribution in [0.5, 0.6) is 0 Å². The van der Waals surface area contributed by atoms with Crippen molar-refractivity contribution in [3.63, 3.8) is 0 Å². The third kappa shape index (κ3) is 4.14. The Bertz CT molecular complexity index is 857. The summed E-state index contributed by atoms with van der Waals surface area (Å²) in [5, 5.41) is 0. The van der Waals surface area contributed by atoms with Crippen molar-refractivity contribution >= 4 is 13.1 Å². The molecule has 0 saturated carbocycles. The molecule has 1 saturated heterocycles. The molecule has 1 fully saturated rings. The van der Waals surface area contributed by atoms with Gasteiger partial charge in [-0.05, 0) is 72.2 Å². The van der Waals surface area contributed by atoms with Gasteiger partial charge < -0.3 is 18.6 Å². The second kappa shape index (κ2) is 8.00. The predicted octanol–water partition coefficient (Wildman–Crippen LogP) is 4.76. The van der Waals surface area contributed by atoms with Gasteiger partial charge in [-0.1, -0.05) is 18.2 Å². The molecule has 0 aliphatic carbocycles. The fourth-order valence-electron chi connectivity index (χ4n) is 3.94. The van der Waals surface area contributed by atoms with E-state index < -0.39 is 18.3 Å². The highest BCUT2D eigenvalue weighted by Crippen LogP contribution is 2.43. The second-order valence-corrected chi connectivity index (χ2v) is 8.74. The first-order valence-electron chi connectivity index (χ1n) is 10.3. The lowest BCUT2D eigenvalue weighted by molar-refractivity contribution is -0.143. The summed E-state index contributed by atoms with van der Waals surface area (Å²) in [4.78, 5) is 12.4. The number of para-hydroxylation sites is 1. The zero-order valence-electron chi connectivity index (χ0n) is 18.6. The molecular formula is C23H32BNO4. The lowest BCUT2D eigenvalue weighted by atomic mass is 9.66. The van der Waals surface area contributed by atoms with Crippen LogP contribution < -0.4 is 0 Å². The van der Waals surface area contributed by atoms with E-state index in [9.17, 15) is 4.79 Å². The van der Waals surface area contributed by atoms with Crippen LogP contribution in [0, 0.1) is 13.8 Å². The van der Waals surface area contributed by atoms with Gasteiger partial charge in [0.1, 0.15) is 0 Å². The molecule has 0 spiro atoms. The van der Waals surface area contributed by atoms with Gasteiger partial charge in [0, 0.05) is 22.9 Å². The molecule has 3 rings (SSSR count). The standard InChI is InChI=1S/C23H32BNO4/c1-8-27-21(26)15-20(24-28-22(4,5)23(6,7)29-24)19-14-16(2)25(17(19)3)18-12-10-9-11-13-18/h9-14,20H,8,15H2,1-7H3. The number of carbonyl (C=O) groups excluding carboxylic acids is 1. The Morgan fingerprint density at radius 2 is 1.69 bits per heavy atom. The number of hydrogen-bond donors (Lipinski definition) is 0. The van der Waals surface area contributed by atoms with E-state index in [4.69, 9.17) is 14.0 Å². The highest BCUT2D eigenvalue weighted by Gasteiger charge is 2.54. The molecule has 0 N–H and O–H groups in total. The van der Waals surface area contributed by atoms with Gasteiger partial charge in [0.25, 0.3) is 0 Å². The Labute approximate surface area is 174 Å². The summed E-state index contributed by atoms with van der Waals surface area (Å²) >= 11 is 0. The molecule has 1 aliphatic heterocycles. The number of aryl methyl sites for hydroxylation is 1. The number of rotatable bonds is 6. The van der Waals surface area contributed by atoms with Crippen molar-refractivity contribution in [3.05, 3.63) is 53.3 Å². The van der Waals surface area contributed by atoms with Gasteiger partial charge in [-0.15, -0.1) is 0 Å². The van der Waals surface area contributed by atoms with E-state index in [1.54, 1.807) is 0 Å². The zero-order chi connectivity index (χ0) is 21.4. The van der Waals surface area contributed by atoms with Gasteiger partial charge in [-0.25, -0.2) is 0 Å². The third-order valence-electron chi connectivity index (χ3n) is 6.18. The molecule has 2 heterocycles. The number of esters is 1. The summed E-state index contributed by atoms with van der Waals surface area (Å²) in [5.41, 5.74) is 3.41. The lowest BCUT2D eigenvalue weighted by Gasteiger charge is -2.32. The van der Waals surface area contributed by atoms with Crippen molar-refractivity contribution in [3.8, 4) is 5.69 Å². The van der Waals surface area contributed by atoms with Crippen LogP contribution in [0.3, 0.4) is 0 Å². The number of benzene rings is 1. The Morgan fingerprint density at radius 3 is 2.24 bits per heavy atom. The fourth-order valence-corrected chi connectivity index (χ4v) is 3.94. The van der Waals surface area contributed by atoms with E-state index in [1.807, 2.05) is 52.8 Å². The molecule has 2 aromatic rings. The van der Waals surface area contributed by atoms with Crippen molar-refractivity contribution < 1.29 is 18.8 Å². The third-order valence-corrected chi connectivity index (χ3v) is 6.18. The van der Waals surface area contributed by atoms with Crippen LogP contribution >= 0.6 is 0 Å². The van der Waals surface area contributed by atoms with Gasteiger partial charge in [0.05, 0.1) is 24.2 Å². The Hall–Kier alpha value is -2.05. The maximum atomic E-state index is 12.4. The molecule has 0 radical (unpaired) electrons. The quantitative estimate of drug-likeness (QED) is 0.521. The van der Waals surface area contributed by atoms with Crippen LogP contribution in [0.25, 0.3) is 5.69 Å². The highest BCUT2D eigenvalue weighted by atomic mass is 16.7. The van der Waals surface area contributed by atoms with E-state index in [0.29, 0.717) is 6.61 Å². The zero-order valence-corrected chi connectivity index (χ0v) is 18.6. The minimum absolute atomic E-state index is 0.212. The minimum atomic E-state index is -0.519. The smallest absolute Gasteiger partial charge is 0.466 e. The molecule has 1 aliphatic rings. The maximum Gasteiger partial charge on any atom is 0.466 e. The molecule has 1 atom stereocenters. The predicted molar refractivity (Wildman–Crippen MR) is 115 cm³/mol. The van der Waals surface area contributed by atoms with E-state index in [1.165, 1.54) is 0 Å². The molecular weight excluding hydrogens is 365 g/mol. The first-order chi connectivity index (χ1) is 13.6. The van der Waals surface area contributed by atoms with Crippen molar-refractivity contribution in [2.24, 2.45) is 0 Å². The summed E-state index contributed by atoms with van der Waals surface area (Å²) in [6, 6.07) is 12.4. The SMILES string of the molecule is CCOC(=O)CC(B1OC(C)(C)C(C)(C)O1)c1cc(C)n(-c2ccccc2)c1C. The number of nitrogens with zero attached hydrogens (tertiary/aromatic N) is 1. The van der Waals surface area contributed by atoms with Crippen LogP contribution in [-0.4, -0.2) is 35.5 Å². The van der Waals surface area contributed by atoms with Crippen LogP contribution in [-0.2, 0) is 18.8 Å². The Kier molecular flexibility index (Phi) is 5.97. The van der Waals surface area contributed by atoms with Gasteiger partial charge in [-0.3, -0.25) is 4.79 Å². The molecule has 1 unspecified atom stereocenters. The van der Waals surface area contributed by atoms with E-state index >= 15 is 0 Å². The average Bonchev–Trinajstić information content (AvgIpc) is 3.05. The largest absolute Gasteiger partial charge is 0.466 e. The van der Waals surface area contributed by atoms with E-state index in [2.05, 4.69) is 36.6 Å². The van der Waals surface area contributed by atoms with Gasteiger partial charge in [0.2, 0.25) is 0 Å². The molecule has 0 bridgehead atoms. The topological polar surface area (TPSA) is 49.7 Å². The first-order valence-corrected chi connectivity index (χ1v) is 10.3. The normalized spacial score (nSPS) is 18.7. The van der Waals surface area contributed by atoms with Crippen molar-refractivity contribution in [1.82, 2.24) is 4.57 Å². The lowest BCUT2D eigenvalue weighted by Crippen LogP contribution is -2.41. The number of carbonyl (C=O) groups is 1. The number of aromatic nitrogens is 1. The molecule has 5 nitrogen and oxygen atoms in total. The van der Waals surface area contributed by atoms with Crippen LogP contribution in [0.2, 0.25) is 0 Å².